The maximum absolute atomic E-state index is 9.64. The third-order valence-electron chi connectivity index (χ3n) is 5.10. The smallest absolute Gasteiger partial charge is 0.142 e. The van der Waals surface area contributed by atoms with Crippen LogP contribution in [0.15, 0.2) is 12.1 Å². The Hall–Kier alpha value is -1.94. The summed E-state index contributed by atoms with van der Waals surface area (Å²) in [5, 5.41) is 13.0. The topological polar surface area (TPSA) is 78.0 Å². The molecule has 1 fully saturated rings. The van der Waals surface area contributed by atoms with Crippen molar-refractivity contribution in [1.82, 2.24) is 15.2 Å². The summed E-state index contributed by atoms with van der Waals surface area (Å²) in [6, 6.07) is 6.63. The second-order valence-corrected chi connectivity index (χ2v) is 7.98. The molecule has 0 radical (unpaired) electrons. The summed E-state index contributed by atoms with van der Waals surface area (Å²) < 4.78 is 0. The summed E-state index contributed by atoms with van der Waals surface area (Å²) in [6.07, 6.45) is 4.82. The minimum Gasteiger partial charge on any atom is -0.383 e. The molecule has 0 saturated carbocycles. The first-order valence-electron chi connectivity index (χ1n) is 8.99. The van der Waals surface area contributed by atoms with Crippen molar-refractivity contribution in [2.45, 2.75) is 38.8 Å². The Balaban J connectivity index is 1.70. The molecule has 2 aromatic heterocycles. The maximum Gasteiger partial charge on any atom is 0.142 e. The first kappa shape index (κ1) is 16.5. The average molecular weight is 353 g/mol. The molecule has 2 aromatic rings. The Bertz CT molecular complexity index is 814. The predicted octanol–water partition coefficient (Wildman–Crippen LogP) is 2.90. The van der Waals surface area contributed by atoms with Crippen molar-refractivity contribution in [3.05, 3.63) is 33.8 Å². The second kappa shape index (κ2) is 7.12. The van der Waals surface area contributed by atoms with E-state index in [0.717, 1.165) is 47.8 Å². The van der Waals surface area contributed by atoms with E-state index in [1.165, 1.54) is 37.2 Å². The van der Waals surface area contributed by atoms with Gasteiger partial charge in [0.15, 0.2) is 0 Å². The summed E-state index contributed by atoms with van der Waals surface area (Å²) in [5.41, 5.74) is 9.79. The molecule has 0 atom stereocenters. The largest absolute Gasteiger partial charge is 0.383 e. The number of nitriles is 1. The van der Waals surface area contributed by atoms with E-state index in [-0.39, 0.29) is 0 Å². The number of anilines is 1. The SMILES string of the molecule is N#Cc1c(N)nc2c(c1-c1ccc(CN3CCCCC3)s1)CNCC2. The fourth-order valence-electron chi connectivity index (χ4n) is 3.83. The number of hydrogen-bond donors (Lipinski definition) is 2. The third kappa shape index (κ3) is 3.28. The van der Waals surface area contributed by atoms with Crippen molar-refractivity contribution >= 4 is 17.2 Å². The number of piperidine rings is 1. The fraction of sp³-hybridized carbons (Fsp3) is 0.474. The van der Waals surface area contributed by atoms with Crippen molar-refractivity contribution < 1.29 is 0 Å². The summed E-state index contributed by atoms with van der Waals surface area (Å²) in [7, 11) is 0. The van der Waals surface area contributed by atoms with Crippen molar-refractivity contribution in [2.75, 3.05) is 25.4 Å². The van der Waals surface area contributed by atoms with Gasteiger partial charge in [0, 0.05) is 47.1 Å². The summed E-state index contributed by atoms with van der Waals surface area (Å²) in [6.45, 7) is 5.06. The average Bonchev–Trinajstić information content (AvgIpc) is 3.09. The molecule has 0 bridgehead atoms. The zero-order valence-corrected chi connectivity index (χ0v) is 15.2. The number of fused-ring (bicyclic) bond motifs is 1. The molecule has 3 N–H and O–H groups in total. The molecular weight excluding hydrogens is 330 g/mol. The molecule has 0 aromatic carbocycles. The van der Waals surface area contributed by atoms with Crippen LogP contribution in [-0.2, 0) is 19.5 Å². The van der Waals surface area contributed by atoms with Crippen molar-refractivity contribution in [2.24, 2.45) is 0 Å². The molecule has 0 aliphatic carbocycles. The molecule has 0 amide bonds. The molecule has 25 heavy (non-hydrogen) atoms. The molecule has 130 valence electrons. The molecule has 6 heteroatoms. The standard InChI is InChI=1S/C19H23N5S/c20-10-14-18(15-11-22-7-6-16(15)23-19(14)21)17-5-4-13(25-17)12-24-8-2-1-3-9-24/h4-5,22H,1-3,6-9,11-12H2,(H2,21,23). The van der Waals surface area contributed by atoms with Gasteiger partial charge in [-0.15, -0.1) is 11.3 Å². The molecule has 1 saturated heterocycles. The molecule has 4 rings (SSSR count). The lowest BCUT2D eigenvalue weighted by Crippen LogP contribution is -2.28. The van der Waals surface area contributed by atoms with E-state index in [1.54, 1.807) is 11.3 Å². The molecule has 0 unspecified atom stereocenters. The van der Waals surface area contributed by atoms with Gasteiger partial charge in [0.25, 0.3) is 0 Å². The Kier molecular flexibility index (Phi) is 4.71. The molecule has 2 aliphatic heterocycles. The number of nitrogens with zero attached hydrogens (tertiary/aromatic N) is 3. The summed E-state index contributed by atoms with van der Waals surface area (Å²) >= 11 is 1.79. The van der Waals surface area contributed by atoms with Gasteiger partial charge in [0.05, 0.1) is 0 Å². The first-order chi connectivity index (χ1) is 12.3. The first-order valence-corrected chi connectivity index (χ1v) is 9.81. The van der Waals surface area contributed by atoms with E-state index in [2.05, 4.69) is 33.4 Å². The lowest BCUT2D eigenvalue weighted by Gasteiger charge is -2.25. The van der Waals surface area contributed by atoms with Gasteiger partial charge in [-0.25, -0.2) is 4.98 Å². The van der Waals surface area contributed by atoms with Gasteiger partial charge in [-0.2, -0.15) is 5.26 Å². The minimum atomic E-state index is 0.365. The van der Waals surface area contributed by atoms with Crippen LogP contribution in [0.1, 0.15) is 41.0 Å². The van der Waals surface area contributed by atoms with Crippen LogP contribution in [0.5, 0.6) is 0 Å². The Morgan fingerprint density at radius 3 is 2.92 bits per heavy atom. The number of nitrogens with two attached hydrogens (primary N) is 1. The Morgan fingerprint density at radius 1 is 1.28 bits per heavy atom. The number of thiophene rings is 1. The monoisotopic (exact) mass is 353 g/mol. The zero-order valence-electron chi connectivity index (χ0n) is 14.3. The highest BCUT2D eigenvalue weighted by atomic mass is 32.1. The van der Waals surface area contributed by atoms with Gasteiger partial charge in [-0.05, 0) is 43.6 Å². The van der Waals surface area contributed by atoms with Gasteiger partial charge < -0.3 is 11.1 Å². The Labute approximate surface area is 152 Å². The third-order valence-corrected chi connectivity index (χ3v) is 6.19. The lowest BCUT2D eigenvalue weighted by molar-refractivity contribution is 0.222. The van der Waals surface area contributed by atoms with E-state index >= 15 is 0 Å². The lowest BCUT2D eigenvalue weighted by atomic mass is 9.96. The van der Waals surface area contributed by atoms with Crippen LogP contribution in [-0.4, -0.2) is 29.5 Å². The second-order valence-electron chi connectivity index (χ2n) is 6.81. The van der Waals surface area contributed by atoms with Crippen molar-refractivity contribution in [3.8, 4) is 16.5 Å². The van der Waals surface area contributed by atoms with E-state index in [1.807, 2.05) is 0 Å². The van der Waals surface area contributed by atoms with E-state index in [0.29, 0.717) is 11.4 Å². The van der Waals surface area contributed by atoms with Crippen LogP contribution < -0.4 is 11.1 Å². The normalized spacial score (nSPS) is 17.9. The van der Waals surface area contributed by atoms with Crippen LogP contribution in [0.3, 0.4) is 0 Å². The number of hydrogen-bond acceptors (Lipinski definition) is 6. The molecule has 5 nitrogen and oxygen atoms in total. The number of aromatic nitrogens is 1. The number of rotatable bonds is 3. The van der Waals surface area contributed by atoms with Gasteiger partial charge >= 0.3 is 0 Å². The van der Waals surface area contributed by atoms with Crippen LogP contribution in [0.4, 0.5) is 5.82 Å². The minimum absolute atomic E-state index is 0.365. The highest BCUT2D eigenvalue weighted by Gasteiger charge is 2.23. The van der Waals surface area contributed by atoms with E-state index in [4.69, 9.17) is 5.73 Å². The molecule has 4 heterocycles. The van der Waals surface area contributed by atoms with Crippen molar-refractivity contribution in [1.29, 1.82) is 5.26 Å². The highest BCUT2D eigenvalue weighted by molar-refractivity contribution is 7.15. The zero-order chi connectivity index (χ0) is 17.2. The Morgan fingerprint density at radius 2 is 2.12 bits per heavy atom. The molecular formula is C19H23N5S. The fourth-order valence-corrected chi connectivity index (χ4v) is 4.96. The highest BCUT2D eigenvalue weighted by Crippen LogP contribution is 2.37. The van der Waals surface area contributed by atoms with Gasteiger partial charge in [-0.3, -0.25) is 4.90 Å². The van der Waals surface area contributed by atoms with Crippen LogP contribution >= 0.6 is 11.3 Å². The van der Waals surface area contributed by atoms with Gasteiger partial charge in [0.2, 0.25) is 0 Å². The number of likely N-dealkylation sites (tertiary alicyclic amines) is 1. The number of pyridine rings is 1. The van der Waals surface area contributed by atoms with Crippen LogP contribution in [0.2, 0.25) is 0 Å². The van der Waals surface area contributed by atoms with Crippen LogP contribution in [0, 0.1) is 11.3 Å². The van der Waals surface area contributed by atoms with Crippen molar-refractivity contribution in [3.63, 3.8) is 0 Å². The number of nitrogen functional groups attached to an aromatic ring is 1. The van der Waals surface area contributed by atoms with Gasteiger partial charge in [0.1, 0.15) is 17.5 Å². The number of nitrogens with one attached hydrogen (secondary N) is 1. The van der Waals surface area contributed by atoms with E-state index in [9.17, 15) is 5.26 Å². The van der Waals surface area contributed by atoms with Crippen LogP contribution in [0.25, 0.3) is 10.4 Å². The molecule has 0 spiro atoms. The molecule has 2 aliphatic rings. The summed E-state index contributed by atoms with van der Waals surface area (Å²) in [4.78, 5) is 9.50. The van der Waals surface area contributed by atoms with E-state index < -0.39 is 0 Å². The summed E-state index contributed by atoms with van der Waals surface area (Å²) in [5.74, 6) is 0.365. The predicted molar refractivity (Wildman–Crippen MR) is 101 cm³/mol. The quantitative estimate of drug-likeness (QED) is 0.887. The van der Waals surface area contributed by atoms with Gasteiger partial charge in [-0.1, -0.05) is 6.42 Å². The maximum atomic E-state index is 9.64.